The van der Waals surface area contributed by atoms with Crippen LogP contribution in [0, 0.1) is 0 Å². The summed E-state index contributed by atoms with van der Waals surface area (Å²) in [5, 5.41) is 3.07. The Balaban J connectivity index is 2.38. The van der Waals surface area contributed by atoms with Crippen molar-refractivity contribution >= 4 is 19.2 Å². The molecule has 0 fully saturated rings. The van der Waals surface area contributed by atoms with Crippen LogP contribution in [0.15, 0.2) is 71.8 Å². The van der Waals surface area contributed by atoms with Crippen molar-refractivity contribution in [1.29, 1.82) is 0 Å². The van der Waals surface area contributed by atoms with Gasteiger partial charge in [0.1, 0.15) is 8.80 Å². The van der Waals surface area contributed by atoms with E-state index in [-0.39, 0.29) is 0 Å². The zero-order valence-corrected chi connectivity index (χ0v) is 13.2. The van der Waals surface area contributed by atoms with Gasteiger partial charge in [0.05, 0.1) is 0 Å². The van der Waals surface area contributed by atoms with Crippen LogP contribution in [0.5, 0.6) is 0 Å². The van der Waals surface area contributed by atoms with Crippen LogP contribution in [0.4, 0.5) is 0 Å². The molecule has 0 amide bonds. The van der Waals surface area contributed by atoms with E-state index in [1.165, 1.54) is 22.0 Å². The summed E-state index contributed by atoms with van der Waals surface area (Å²) in [4.78, 5) is 0. The number of hydrogen-bond acceptors (Lipinski definition) is 0. The largest absolute Gasteiger partial charge is 0.107 e. The average molecular weight is 266 g/mol. The van der Waals surface area contributed by atoms with E-state index in [1.54, 1.807) is 5.57 Å². The molecule has 0 unspecified atom stereocenters. The van der Waals surface area contributed by atoms with E-state index in [1.807, 2.05) is 0 Å². The summed E-state index contributed by atoms with van der Waals surface area (Å²) in [5.74, 6) is 0. The molecule has 0 N–H and O–H groups in total. The fourth-order valence-electron chi connectivity index (χ4n) is 2.31. The van der Waals surface area contributed by atoms with Crippen molar-refractivity contribution in [3.8, 4) is 0 Å². The van der Waals surface area contributed by atoms with Crippen molar-refractivity contribution in [2.24, 2.45) is 0 Å². The molecule has 0 aliphatic carbocycles. The van der Waals surface area contributed by atoms with E-state index in [0.29, 0.717) is 0 Å². The first-order chi connectivity index (χ1) is 9.18. The fraction of sp³-hybridized carbons (Fsp3) is 0.222. The van der Waals surface area contributed by atoms with E-state index in [2.05, 4.69) is 81.4 Å². The predicted molar refractivity (Wildman–Crippen MR) is 88.2 cm³/mol. The molecule has 1 heteroatoms. The molecule has 0 aromatic heterocycles. The summed E-state index contributed by atoms with van der Waals surface area (Å²) in [7, 11) is -1.12. The van der Waals surface area contributed by atoms with Gasteiger partial charge in [0, 0.05) is 0 Å². The molecule has 2 aromatic rings. The van der Waals surface area contributed by atoms with Gasteiger partial charge in [-0.05, 0) is 26.8 Å². The maximum absolute atomic E-state index is 2.29. The van der Waals surface area contributed by atoms with Gasteiger partial charge in [0.25, 0.3) is 0 Å². The minimum atomic E-state index is -1.12. The highest BCUT2D eigenvalue weighted by Gasteiger charge is 2.16. The van der Waals surface area contributed by atoms with E-state index < -0.39 is 8.80 Å². The SMILES string of the molecule is CC(C)=C(C)C[SiH](c1ccccc1)c1ccccc1. The second-order valence-corrected chi connectivity index (χ2v) is 8.21. The smallest absolute Gasteiger partial charge is 0.0778 e. The third-order valence-electron chi connectivity index (χ3n) is 3.77. The lowest BCUT2D eigenvalue weighted by Crippen LogP contribution is -2.42. The van der Waals surface area contributed by atoms with Gasteiger partial charge in [-0.15, -0.1) is 0 Å². The third-order valence-corrected chi connectivity index (χ3v) is 7.17. The molecular weight excluding hydrogens is 244 g/mol. The van der Waals surface area contributed by atoms with Crippen molar-refractivity contribution in [2.75, 3.05) is 0 Å². The minimum absolute atomic E-state index is 1.12. The van der Waals surface area contributed by atoms with E-state index >= 15 is 0 Å². The van der Waals surface area contributed by atoms with Crippen LogP contribution in [-0.4, -0.2) is 8.80 Å². The molecule has 98 valence electrons. The normalized spacial score (nSPS) is 10.5. The Morgan fingerprint density at radius 3 is 1.53 bits per heavy atom. The molecule has 0 spiro atoms. The Kier molecular flexibility index (Phi) is 4.75. The quantitative estimate of drug-likeness (QED) is 0.588. The third kappa shape index (κ3) is 3.68. The van der Waals surface area contributed by atoms with E-state index in [0.717, 1.165) is 0 Å². The second kappa shape index (κ2) is 6.53. The number of hydrogen-bond donors (Lipinski definition) is 0. The van der Waals surface area contributed by atoms with E-state index in [9.17, 15) is 0 Å². The maximum Gasteiger partial charge on any atom is 0.107 e. The van der Waals surface area contributed by atoms with E-state index in [4.69, 9.17) is 0 Å². The Morgan fingerprint density at radius 2 is 1.16 bits per heavy atom. The summed E-state index contributed by atoms with van der Waals surface area (Å²) in [5.41, 5.74) is 3.01. The molecule has 0 radical (unpaired) electrons. The fourth-order valence-corrected chi connectivity index (χ4v) is 5.56. The predicted octanol–water partition coefficient (Wildman–Crippen LogP) is 3.38. The molecule has 0 aliphatic heterocycles. The van der Waals surface area contributed by atoms with Gasteiger partial charge in [0.2, 0.25) is 0 Å². The second-order valence-electron chi connectivity index (χ2n) is 5.36. The Hall–Kier alpha value is -1.60. The highest BCUT2D eigenvalue weighted by Crippen LogP contribution is 2.11. The maximum atomic E-state index is 2.29. The van der Waals surface area contributed by atoms with Gasteiger partial charge >= 0.3 is 0 Å². The molecular formula is C18H22Si. The standard InChI is InChI=1S/C18H22Si/c1-15(2)16(3)14-19(17-10-6-4-7-11-17)18-12-8-5-9-13-18/h4-13,19H,14H2,1-3H3. The van der Waals surface area contributed by atoms with Gasteiger partial charge in [-0.2, -0.15) is 0 Å². The van der Waals surface area contributed by atoms with Crippen LogP contribution < -0.4 is 10.4 Å². The van der Waals surface area contributed by atoms with Crippen molar-refractivity contribution in [3.63, 3.8) is 0 Å². The first-order valence-electron chi connectivity index (χ1n) is 6.91. The summed E-state index contributed by atoms with van der Waals surface area (Å²) in [6.07, 6.45) is 0. The van der Waals surface area contributed by atoms with Crippen molar-refractivity contribution in [1.82, 2.24) is 0 Å². The molecule has 0 heterocycles. The molecule has 0 nitrogen and oxygen atoms in total. The van der Waals surface area contributed by atoms with Crippen LogP contribution in [0.2, 0.25) is 6.04 Å². The molecule has 0 aliphatic rings. The topological polar surface area (TPSA) is 0 Å². The average Bonchev–Trinajstić information content (AvgIpc) is 2.46. The first-order valence-corrected chi connectivity index (χ1v) is 8.88. The highest BCUT2D eigenvalue weighted by atomic mass is 28.3. The van der Waals surface area contributed by atoms with Gasteiger partial charge in [-0.1, -0.05) is 82.2 Å². The van der Waals surface area contributed by atoms with Crippen molar-refractivity contribution < 1.29 is 0 Å². The van der Waals surface area contributed by atoms with Crippen LogP contribution in [0.1, 0.15) is 20.8 Å². The zero-order valence-electron chi connectivity index (χ0n) is 12.1. The van der Waals surface area contributed by atoms with Gasteiger partial charge in [0.15, 0.2) is 0 Å². The van der Waals surface area contributed by atoms with Gasteiger partial charge < -0.3 is 0 Å². The summed E-state index contributed by atoms with van der Waals surface area (Å²) in [6, 6.07) is 23.3. The monoisotopic (exact) mass is 266 g/mol. The van der Waals surface area contributed by atoms with Crippen molar-refractivity contribution in [3.05, 3.63) is 71.8 Å². The van der Waals surface area contributed by atoms with Crippen LogP contribution >= 0.6 is 0 Å². The molecule has 2 rings (SSSR count). The molecule has 0 saturated heterocycles. The zero-order chi connectivity index (χ0) is 13.7. The van der Waals surface area contributed by atoms with Crippen LogP contribution in [0.3, 0.4) is 0 Å². The Morgan fingerprint density at radius 1 is 0.737 bits per heavy atom. The van der Waals surface area contributed by atoms with Gasteiger partial charge in [-0.25, -0.2) is 0 Å². The Bertz CT molecular complexity index is 497. The minimum Gasteiger partial charge on any atom is -0.0778 e. The van der Waals surface area contributed by atoms with Crippen LogP contribution in [0.25, 0.3) is 0 Å². The lowest BCUT2D eigenvalue weighted by atomic mass is 10.2. The number of allylic oxidation sites excluding steroid dienone is 2. The first kappa shape index (κ1) is 13.8. The summed E-state index contributed by atoms with van der Waals surface area (Å²) >= 11 is 0. The number of rotatable bonds is 4. The lowest BCUT2D eigenvalue weighted by Gasteiger charge is -2.17. The molecule has 0 bridgehead atoms. The molecule has 19 heavy (non-hydrogen) atoms. The lowest BCUT2D eigenvalue weighted by molar-refractivity contribution is 1.22. The van der Waals surface area contributed by atoms with Crippen LogP contribution in [-0.2, 0) is 0 Å². The Labute approximate surface area is 118 Å². The molecule has 0 atom stereocenters. The van der Waals surface area contributed by atoms with Crippen molar-refractivity contribution in [2.45, 2.75) is 26.8 Å². The molecule has 2 aromatic carbocycles. The summed E-state index contributed by atoms with van der Waals surface area (Å²) in [6.45, 7) is 6.72. The summed E-state index contributed by atoms with van der Waals surface area (Å²) < 4.78 is 0. The highest BCUT2D eigenvalue weighted by molar-refractivity contribution is 6.85. The molecule has 0 saturated carbocycles. The number of benzene rings is 2. The van der Waals surface area contributed by atoms with Gasteiger partial charge in [-0.3, -0.25) is 0 Å².